The molecule has 1 atom stereocenters. The Hall–Kier alpha value is -1.66. The molecule has 3 rings (SSSR count). The zero-order valence-corrected chi connectivity index (χ0v) is 12.7. The predicted molar refractivity (Wildman–Crippen MR) is 79.0 cm³/mol. The Kier molecular flexibility index (Phi) is 4.07. The quantitative estimate of drug-likeness (QED) is 0.627. The summed E-state index contributed by atoms with van der Waals surface area (Å²) in [5, 5.41) is 0.748. The number of hydrogen-bond acceptors (Lipinski definition) is 5. The van der Waals surface area contributed by atoms with Gasteiger partial charge in [0.05, 0.1) is 0 Å². The third-order valence-corrected chi connectivity index (χ3v) is 3.85. The summed E-state index contributed by atoms with van der Waals surface area (Å²) < 4.78 is 16.5. The fraction of sp³-hybridized carbons (Fsp3) is 0.333. The van der Waals surface area contributed by atoms with E-state index in [1.54, 1.807) is 6.07 Å². The maximum atomic E-state index is 11.8. The Morgan fingerprint density at radius 1 is 1.38 bits per heavy atom. The van der Waals surface area contributed by atoms with Crippen LogP contribution in [0.15, 0.2) is 37.9 Å². The second-order valence-corrected chi connectivity index (χ2v) is 5.76. The first-order chi connectivity index (χ1) is 10.1. The molecule has 1 aliphatic rings. The van der Waals surface area contributed by atoms with Crippen LogP contribution >= 0.6 is 15.9 Å². The Balaban J connectivity index is 1.83. The highest BCUT2D eigenvalue weighted by atomic mass is 79.9. The first-order valence-electron chi connectivity index (χ1n) is 6.64. The molecule has 1 fully saturated rings. The first-order valence-corrected chi connectivity index (χ1v) is 7.43. The number of benzene rings is 1. The van der Waals surface area contributed by atoms with Crippen LogP contribution in [0.3, 0.4) is 0 Å². The zero-order valence-electron chi connectivity index (χ0n) is 11.1. The van der Waals surface area contributed by atoms with E-state index in [0.717, 1.165) is 16.3 Å². The molecule has 0 radical (unpaired) electrons. The minimum absolute atomic E-state index is 0.0302. The Morgan fingerprint density at radius 2 is 2.24 bits per heavy atom. The van der Waals surface area contributed by atoms with Gasteiger partial charge in [0, 0.05) is 28.1 Å². The van der Waals surface area contributed by atoms with Crippen molar-refractivity contribution in [3.05, 3.63) is 44.7 Å². The highest BCUT2D eigenvalue weighted by Gasteiger charge is 2.25. The molecule has 0 saturated carbocycles. The number of rotatable bonds is 3. The standard InChI is InChI=1S/C15H13BrO5/c16-10-3-4-11-9(6-14(17)21-13(11)7-10)8-20-15(18)12-2-1-5-19-12/h3-4,6-7,12H,1-2,5,8H2/t12-/m1/s1. The molecule has 1 aromatic carbocycles. The van der Waals surface area contributed by atoms with E-state index in [0.29, 0.717) is 24.2 Å². The van der Waals surface area contributed by atoms with Gasteiger partial charge in [0.1, 0.15) is 12.2 Å². The van der Waals surface area contributed by atoms with Crippen LogP contribution in [0.5, 0.6) is 0 Å². The van der Waals surface area contributed by atoms with E-state index in [-0.39, 0.29) is 12.6 Å². The molecule has 0 N–H and O–H groups in total. The number of halogens is 1. The number of carbonyl (C=O) groups is 1. The van der Waals surface area contributed by atoms with E-state index < -0.39 is 11.7 Å². The molecule has 1 saturated heterocycles. The van der Waals surface area contributed by atoms with Crippen LogP contribution in [0.1, 0.15) is 18.4 Å². The maximum absolute atomic E-state index is 11.8. The van der Waals surface area contributed by atoms with Crippen molar-refractivity contribution in [2.24, 2.45) is 0 Å². The van der Waals surface area contributed by atoms with Crippen molar-refractivity contribution in [2.75, 3.05) is 6.61 Å². The van der Waals surface area contributed by atoms with E-state index in [2.05, 4.69) is 15.9 Å². The molecule has 21 heavy (non-hydrogen) atoms. The lowest BCUT2D eigenvalue weighted by atomic mass is 10.1. The number of carbonyl (C=O) groups excluding carboxylic acids is 1. The number of fused-ring (bicyclic) bond motifs is 1. The molecular weight excluding hydrogens is 340 g/mol. The van der Waals surface area contributed by atoms with Crippen molar-refractivity contribution in [1.29, 1.82) is 0 Å². The zero-order chi connectivity index (χ0) is 14.8. The summed E-state index contributed by atoms with van der Waals surface area (Å²) in [6, 6.07) is 6.71. The summed E-state index contributed by atoms with van der Waals surface area (Å²) >= 11 is 3.32. The monoisotopic (exact) mass is 352 g/mol. The summed E-state index contributed by atoms with van der Waals surface area (Å²) in [7, 11) is 0. The molecule has 2 aromatic rings. The van der Waals surface area contributed by atoms with Gasteiger partial charge in [-0.15, -0.1) is 0 Å². The third kappa shape index (κ3) is 3.16. The SMILES string of the molecule is O=C(OCc1cc(=O)oc2cc(Br)ccc12)[C@H]1CCCO1. The fourth-order valence-corrected chi connectivity index (χ4v) is 2.67. The molecule has 0 unspecified atom stereocenters. The predicted octanol–water partition coefficient (Wildman–Crippen LogP) is 2.78. The molecule has 5 nitrogen and oxygen atoms in total. The van der Waals surface area contributed by atoms with Gasteiger partial charge in [0.25, 0.3) is 0 Å². The molecule has 0 aliphatic carbocycles. The van der Waals surface area contributed by atoms with E-state index in [4.69, 9.17) is 13.9 Å². The lowest BCUT2D eigenvalue weighted by Crippen LogP contribution is -2.22. The number of esters is 1. The van der Waals surface area contributed by atoms with Gasteiger partial charge < -0.3 is 13.9 Å². The van der Waals surface area contributed by atoms with Crippen molar-refractivity contribution in [1.82, 2.24) is 0 Å². The van der Waals surface area contributed by atoms with Gasteiger partial charge in [0.15, 0.2) is 6.10 Å². The molecule has 0 bridgehead atoms. The number of hydrogen-bond donors (Lipinski definition) is 0. The molecule has 110 valence electrons. The highest BCUT2D eigenvalue weighted by molar-refractivity contribution is 9.10. The van der Waals surface area contributed by atoms with Crippen LogP contribution in [-0.2, 0) is 20.9 Å². The summed E-state index contributed by atoms with van der Waals surface area (Å²) in [6.45, 7) is 0.619. The lowest BCUT2D eigenvalue weighted by molar-refractivity contribution is -0.155. The summed E-state index contributed by atoms with van der Waals surface area (Å²) in [5.41, 5.74) is 0.615. The fourth-order valence-electron chi connectivity index (χ4n) is 2.33. The highest BCUT2D eigenvalue weighted by Crippen LogP contribution is 2.22. The summed E-state index contributed by atoms with van der Waals surface area (Å²) in [6.07, 6.45) is 1.07. The van der Waals surface area contributed by atoms with Gasteiger partial charge in [-0.3, -0.25) is 0 Å². The van der Waals surface area contributed by atoms with Gasteiger partial charge >= 0.3 is 11.6 Å². The Labute approximate surface area is 129 Å². The van der Waals surface area contributed by atoms with Crippen LogP contribution in [0.2, 0.25) is 0 Å². The van der Waals surface area contributed by atoms with Crippen LogP contribution in [-0.4, -0.2) is 18.7 Å². The second-order valence-electron chi connectivity index (χ2n) is 4.84. The normalized spacial score (nSPS) is 18.0. The largest absolute Gasteiger partial charge is 0.459 e. The van der Waals surface area contributed by atoms with Crippen LogP contribution < -0.4 is 5.63 Å². The van der Waals surface area contributed by atoms with Crippen molar-refractivity contribution >= 4 is 32.9 Å². The van der Waals surface area contributed by atoms with Crippen molar-refractivity contribution in [3.8, 4) is 0 Å². The topological polar surface area (TPSA) is 65.7 Å². The molecule has 6 heteroatoms. The van der Waals surface area contributed by atoms with E-state index >= 15 is 0 Å². The molecule has 2 heterocycles. The molecule has 1 aliphatic heterocycles. The summed E-state index contributed by atoms with van der Waals surface area (Å²) in [4.78, 5) is 23.4. The smallest absolute Gasteiger partial charge is 0.336 e. The average Bonchev–Trinajstić information content (AvgIpc) is 2.97. The maximum Gasteiger partial charge on any atom is 0.336 e. The van der Waals surface area contributed by atoms with E-state index in [9.17, 15) is 9.59 Å². The minimum Gasteiger partial charge on any atom is -0.459 e. The van der Waals surface area contributed by atoms with Gasteiger partial charge in [-0.25, -0.2) is 9.59 Å². The number of ether oxygens (including phenoxy) is 2. The summed E-state index contributed by atoms with van der Waals surface area (Å²) in [5.74, 6) is -0.383. The molecule has 1 aromatic heterocycles. The van der Waals surface area contributed by atoms with Gasteiger partial charge in [-0.2, -0.15) is 0 Å². The van der Waals surface area contributed by atoms with E-state index in [1.165, 1.54) is 6.07 Å². The van der Waals surface area contributed by atoms with Crippen LogP contribution in [0, 0.1) is 0 Å². The lowest BCUT2D eigenvalue weighted by Gasteiger charge is -2.10. The molecule has 0 amide bonds. The van der Waals surface area contributed by atoms with Crippen molar-refractivity contribution in [3.63, 3.8) is 0 Å². The van der Waals surface area contributed by atoms with Gasteiger partial charge in [-0.1, -0.05) is 15.9 Å². The van der Waals surface area contributed by atoms with Crippen molar-refractivity contribution in [2.45, 2.75) is 25.6 Å². The third-order valence-electron chi connectivity index (χ3n) is 3.35. The minimum atomic E-state index is -0.481. The molecular formula is C15H13BrO5. The second kappa shape index (κ2) is 5.99. The van der Waals surface area contributed by atoms with E-state index in [1.807, 2.05) is 12.1 Å². The Morgan fingerprint density at radius 3 is 3.00 bits per heavy atom. The van der Waals surface area contributed by atoms with Crippen molar-refractivity contribution < 1.29 is 18.7 Å². The molecule has 0 spiro atoms. The Bertz CT molecular complexity index is 730. The van der Waals surface area contributed by atoms with Crippen LogP contribution in [0.25, 0.3) is 11.0 Å². The van der Waals surface area contributed by atoms with Gasteiger partial charge in [0.2, 0.25) is 0 Å². The average molecular weight is 353 g/mol. The van der Waals surface area contributed by atoms with Crippen LogP contribution in [0.4, 0.5) is 0 Å². The van der Waals surface area contributed by atoms with Gasteiger partial charge in [-0.05, 0) is 31.0 Å². The first kappa shape index (κ1) is 14.3.